The Morgan fingerprint density at radius 1 is 0.525 bits per heavy atom. The van der Waals surface area contributed by atoms with Crippen LogP contribution in [0.1, 0.15) is 124 Å². The van der Waals surface area contributed by atoms with Crippen LogP contribution in [0.25, 0.3) is 0 Å². The monoisotopic (exact) mass is 767 g/mol. The second kappa shape index (κ2) is 22.7. The number of rotatable bonds is 26. The molecular formula is C37H69NSn2. The van der Waals surface area contributed by atoms with Crippen LogP contribution in [0.15, 0.2) is 50.7 Å². The fourth-order valence-corrected chi connectivity index (χ4v) is 38.0. The summed E-state index contributed by atoms with van der Waals surface area (Å²) >= 11 is -4.99. The van der Waals surface area contributed by atoms with Crippen molar-refractivity contribution in [2.24, 2.45) is 0 Å². The molecule has 230 valence electrons. The minimum absolute atomic E-state index is 1.05. The van der Waals surface area contributed by atoms with E-state index in [9.17, 15) is 0 Å². The molecule has 3 heteroatoms. The van der Waals surface area contributed by atoms with Gasteiger partial charge in [0.25, 0.3) is 0 Å². The van der Waals surface area contributed by atoms with Crippen molar-refractivity contribution in [2.45, 2.75) is 152 Å². The van der Waals surface area contributed by atoms with E-state index in [-0.39, 0.29) is 0 Å². The Hall–Kier alpha value is 0.257. The molecule has 0 fully saturated rings. The third-order valence-corrected chi connectivity index (χ3v) is 41.5. The molecule has 1 nitrogen and oxygen atoms in total. The van der Waals surface area contributed by atoms with Crippen molar-refractivity contribution >= 4 is 36.8 Å². The van der Waals surface area contributed by atoms with Gasteiger partial charge in [-0.2, -0.15) is 0 Å². The van der Waals surface area contributed by atoms with E-state index in [4.69, 9.17) is 13.2 Å². The van der Waals surface area contributed by atoms with Crippen molar-refractivity contribution in [1.82, 2.24) is 4.90 Å². The van der Waals surface area contributed by atoms with Crippen LogP contribution in [-0.2, 0) is 6.54 Å². The summed E-state index contributed by atoms with van der Waals surface area (Å²) in [5.41, 5.74) is 1.45. The molecule has 40 heavy (non-hydrogen) atoms. The molecule has 0 aliphatic heterocycles. The molecule has 0 aliphatic carbocycles. The standard InChI is InChI=1S/C13H15N.6C4H9.2Sn/c1-3-10-14(11-4-2)12-13-8-6-5-7-9-13;6*1-3-4-2;;/h5-9H,1-2,10-12H2;6*1,3-4H2,2H3;;. The van der Waals surface area contributed by atoms with Crippen LogP contribution in [-0.4, -0.2) is 54.7 Å². The summed E-state index contributed by atoms with van der Waals surface area (Å²) in [5, 5.41) is 0. The zero-order valence-corrected chi connectivity index (χ0v) is 33.8. The Balaban J connectivity index is 3.38. The Kier molecular flexibility index (Phi) is 21.8. The first-order valence-corrected chi connectivity index (χ1v) is 32.5. The second-order valence-corrected chi connectivity index (χ2v) is 40.2. The molecule has 1 aromatic carbocycles. The van der Waals surface area contributed by atoms with Crippen molar-refractivity contribution in [2.75, 3.05) is 13.1 Å². The number of hydrogen-bond acceptors (Lipinski definition) is 1. The maximum atomic E-state index is 5.02. The van der Waals surface area contributed by atoms with E-state index in [2.05, 4.69) is 76.8 Å². The molecule has 1 aromatic rings. The second-order valence-electron chi connectivity index (χ2n) is 13.0. The van der Waals surface area contributed by atoms with Gasteiger partial charge in [0, 0.05) is 0 Å². The Morgan fingerprint density at radius 2 is 0.825 bits per heavy atom. The molecule has 0 N–H and O–H groups in total. The van der Waals surface area contributed by atoms with E-state index in [1.54, 1.807) is 7.18 Å². The molecule has 0 bridgehead atoms. The summed E-state index contributed by atoms with van der Waals surface area (Å²) < 4.78 is 12.6. The first kappa shape index (κ1) is 38.3. The quantitative estimate of drug-likeness (QED) is 0.0849. The minimum atomic E-state index is -2.50. The molecule has 0 heterocycles. The first-order valence-electron chi connectivity index (χ1n) is 17.5. The average Bonchev–Trinajstić information content (AvgIpc) is 2.97. The summed E-state index contributed by atoms with van der Waals surface area (Å²) in [6.07, 6.45) is 16.5. The van der Waals surface area contributed by atoms with E-state index in [1.807, 2.05) is 0 Å². The number of unbranched alkanes of at least 4 members (excludes halogenated alkanes) is 6. The van der Waals surface area contributed by atoms with Crippen molar-refractivity contribution in [3.8, 4) is 0 Å². The number of nitrogens with zero attached hydrogens (tertiary/aromatic N) is 1. The zero-order chi connectivity index (χ0) is 29.7. The Morgan fingerprint density at radius 3 is 1.10 bits per heavy atom. The van der Waals surface area contributed by atoms with Gasteiger partial charge in [-0.15, -0.1) is 0 Å². The topological polar surface area (TPSA) is 3.24 Å². The van der Waals surface area contributed by atoms with Crippen LogP contribution < -0.4 is 0 Å². The summed E-state index contributed by atoms with van der Waals surface area (Å²) in [6.45, 7) is 27.7. The predicted molar refractivity (Wildman–Crippen MR) is 190 cm³/mol. The Labute approximate surface area is 260 Å². The first-order chi connectivity index (χ1) is 19.4. The van der Waals surface area contributed by atoms with Gasteiger partial charge in [-0.1, -0.05) is 0 Å². The van der Waals surface area contributed by atoms with Crippen LogP contribution in [0.3, 0.4) is 0 Å². The van der Waals surface area contributed by atoms with Gasteiger partial charge < -0.3 is 0 Å². The fourth-order valence-electron chi connectivity index (χ4n) is 6.79. The number of hydrogen-bond donors (Lipinski definition) is 0. The number of benzene rings is 1. The molecule has 1 rings (SSSR count). The van der Waals surface area contributed by atoms with Gasteiger partial charge in [-0.05, 0) is 0 Å². The van der Waals surface area contributed by atoms with Crippen LogP contribution >= 0.6 is 0 Å². The van der Waals surface area contributed by atoms with Crippen molar-refractivity contribution in [3.63, 3.8) is 0 Å². The molecule has 0 aromatic heterocycles. The molecule has 0 amide bonds. The summed E-state index contributed by atoms with van der Waals surface area (Å²) in [6, 6.07) is 11.3. The third-order valence-electron chi connectivity index (χ3n) is 9.63. The van der Waals surface area contributed by atoms with Crippen LogP contribution in [0.2, 0.25) is 26.6 Å². The third kappa shape index (κ3) is 13.7. The van der Waals surface area contributed by atoms with Crippen molar-refractivity contribution < 1.29 is 0 Å². The van der Waals surface area contributed by atoms with E-state index in [0.717, 1.165) is 19.6 Å². The van der Waals surface area contributed by atoms with Gasteiger partial charge in [0.1, 0.15) is 0 Å². The normalized spacial score (nSPS) is 12.3. The zero-order valence-electron chi connectivity index (χ0n) is 28.1. The van der Waals surface area contributed by atoms with E-state index >= 15 is 0 Å². The molecule has 0 radical (unpaired) electrons. The van der Waals surface area contributed by atoms with Gasteiger partial charge in [-0.3, -0.25) is 0 Å². The summed E-state index contributed by atoms with van der Waals surface area (Å²) in [5.74, 6) is 0. The predicted octanol–water partition coefficient (Wildman–Crippen LogP) is 12.4. The van der Waals surface area contributed by atoms with Crippen LogP contribution in [0, 0.1) is 0 Å². The summed E-state index contributed by atoms with van der Waals surface area (Å²) in [4.78, 5) is 2.82. The van der Waals surface area contributed by atoms with Crippen molar-refractivity contribution in [3.05, 3.63) is 56.2 Å². The molecule has 0 atom stereocenters. The molecular weight excluding hydrogens is 696 g/mol. The molecule has 0 unspecified atom stereocenters. The molecule has 0 spiro atoms. The van der Waals surface area contributed by atoms with Gasteiger partial charge >= 0.3 is 263 Å². The van der Waals surface area contributed by atoms with Gasteiger partial charge in [-0.25, -0.2) is 0 Å². The molecule has 0 saturated heterocycles. The van der Waals surface area contributed by atoms with Gasteiger partial charge in [0.05, 0.1) is 0 Å². The fraction of sp³-hybridized carbons (Fsp3) is 0.730. The molecule has 0 aliphatic rings. The van der Waals surface area contributed by atoms with Crippen LogP contribution in [0.4, 0.5) is 0 Å². The van der Waals surface area contributed by atoms with E-state index in [0.29, 0.717) is 0 Å². The van der Waals surface area contributed by atoms with Gasteiger partial charge in [0.15, 0.2) is 0 Å². The SMILES string of the molecule is C=[C](CN(C[C](=C)[Sn]([CH2]CCC)([CH2]CCC)[CH2]CCC)Cc1ccccc1)[Sn]([CH2]CCC)([CH2]CCC)[CH2]CCC. The maximum absolute atomic E-state index is 5.02. The van der Waals surface area contributed by atoms with Crippen LogP contribution in [0.5, 0.6) is 0 Å². The van der Waals surface area contributed by atoms with Crippen molar-refractivity contribution in [1.29, 1.82) is 0 Å². The molecule has 0 saturated carbocycles. The van der Waals surface area contributed by atoms with E-state index in [1.165, 1.54) is 109 Å². The Bertz CT molecular complexity index is 697. The summed E-state index contributed by atoms with van der Waals surface area (Å²) in [7, 11) is 0. The average molecular weight is 765 g/mol. The van der Waals surface area contributed by atoms with Gasteiger partial charge in [0.2, 0.25) is 0 Å². The van der Waals surface area contributed by atoms with E-state index < -0.39 is 36.8 Å².